The molecule has 5 nitrogen and oxygen atoms in total. The van der Waals surface area contributed by atoms with Gasteiger partial charge in [-0.15, -0.1) is 11.3 Å². The number of halogens is 4. The maximum absolute atomic E-state index is 13.6. The molecular formula is C19H11FI3NO4S. The second-order valence-electron chi connectivity index (χ2n) is 5.69. The first-order chi connectivity index (χ1) is 13.7. The van der Waals surface area contributed by atoms with E-state index in [1.165, 1.54) is 25.3 Å². The van der Waals surface area contributed by atoms with Crippen molar-refractivity contribution in [1.29, 1.82) is 0 Å². The summed E-state index contributed by atoms with van der Waals surface area (Å²) >= 11 is 7.36. The van der Waals surface area contributed by atoms with E-state index in [0.717, 1.165) is 14.9 Å². The lowest BCUT2D eigenvalue weighted by atomic mass is 10.1. The molecule has 150 valence electrons. The van der Waals surface area contributed by atoms with Crippen LogP contribution < -0.4 is 10.1 Å². The number of rotatable bonds is 5. The molecule has 0 aliphatic carbocycles. The first-order valence-corrected chi connectivity index (χ1v) is 12.0. The fourth-order valence-electron chi connectivity index (χ4n) is 2.66. The maximum Gasteiger partial charge on any atom is 0.339 e. The number of carbonyl (C=O) groups is 2. The summed E-state index contributed by atoms with van der Waals surface area (Å²) in [6.07, 6.45) is 0. The Labute approximate surface area is 210 Å². The molecule has 0 aliphatic heterocycles. The van der Waals surface area contributed by atoms with Crippen LogP contribution in [0.3, 0.4) is 0 Å². The van der Waals surface area contributed by atoms with Crippen LogP contribution in [0.25, 0.3) is 10.4 Å². The summed E-state index contributed by atoms with van der Waals surface area (Å²) in [5.41, 5.74) is 0.929. The molecule has 2 N–H and O–H groups in total. The standard InChI is InChI=1S/C19H11FI3NO4S/c1-28-16-11(22)6-10(21)13(15(16)23)18(25)24-12-7-29-17(14(12)19(26)27)8-3-2-4-9(20)5-8/h2-7H,1H3,(H,24,25)(H,26,27). The first kappa shape index (κ1) is 22.7. The van der Waals surface area contributed by atoms with E-state index in [1.807, 2.05) is 28.7 Å². The van der Waals surface area contributed by atoms with Gasteiger partial charge in [-0.3, -0.25) is 4.79 Å². The third-order valence-corrected chi connectivity index (χ3v) is 7.61. The highest BCUT2D eigenvalue weighted by atomic mass is 127. The van der Waals surface area contributed by atoms with E-state index in [9.17, 15) is 19.1 Å². The molecule has 1 heterocycles. The summed E-state index contributed by atoms with van der Waals surface area (Å²) in [7, 11) is 1.53. The summed E-state index contributed by atoms with van der Waals surface area (Å²) in [6, 6.07) is 7.51. The topological polar surface area (TPSA) is 75.6 Å². The molecule has 29 heavy (non-hydrogen) atoms. The van der Waals surface area contributed by atoms with E-state index in [2.05, 4.69) is 50.5 Å². The average molecular weight is 749 g/mol. The molecule has 0 saturated heterocycles. The highest BCUT2D eigenvalue weighted by molar-refractivity contribution is 14.1. The van der Waals surface area contributed by atoms with Crippen molar-refractivity contribution in [1.82, 2.24) is 0 Å². The lowest BCUT2D eigenvalue weighted by Gasteiger charge is -2.13. The Morgan fingerprint density at radius 1 is 1.14 bits per heavy atom. The van der Waals surface area contributed by atoms with Gasteiger partial charge in [0.25, 0.3) is 5.91 Å². The quantitative estimate of drug-likeness (QED) is 0.300. The third-order valence-electron chi connectivity index (χ3n) is 3.90. The first-order valence-electron chi connectivity index (χ1n) is 7.88. The van der Waals surface area contributed by atoms with Crippen molar-refractivity contribution >= 4 is 96.7 Å². The Balaban J connectivity index is 2.04. The van der Waals surface area contributed by atoms with E-state index in [-0.39, 0.29) is 11.3 Å². The Kier molecular flexibility index (Phi) is 7.37. The zero-order valence-corrected chi connectivity index (χ0v) is 21.8. The number of anilines is 1. The number of thiophene rings is 1. The molecule has 2 aromatic carbocycles. The monoisotopic (exact) mass is 749 g/mol. The summed E-state index contributed by atoms with van der Waals surface area (Å²) in [6.45, 7) is 0. The molecule has 0 saturated carbocycles. The van der Waals surface area contributed by atoms with Gasteiger partial charge >= 0.3 is 5.97 Å². The lowest BCUT2D eigenvalue weighted by molar-refractivity contribution is 0.0699. The van der Waals surface area contributed by atoms with Crippen LogP contribution in [0.2, 0.25) is 0 Å². The molecular weight excluding hydrogens is 738 g/mol. The van der Waals surface area contributed by atoms with Gasteiger partial charge in [0.15, 0.2) is 0 Å². The van der Waals surface area contributed by atoms with Crippen molar-refractivity contribution in [3.8, 4) is 16.2 Å². The molecule has 0 fully saturated rings. The van der Waals surface area contributed by atoms with Gasteiger partial charge in [0.05, 0.1) is 30.4 Å². The van der Waals surface area contributed by atoms with Gasteiger partial charge in [-0.25, -0.2) is 9.18 Å². The predicted molar refractivity (Wildman–Crippen MR) is 136 cm³/mol. The lowest BCUT2D eigenvalue weighted by Crippen LogP contribution is -2.17. The van der Waals surface area contributed by atoms with Gasteiger partial charge in [-0.1, -0.05) is 12.1 Å². The Hall–Kier alpha value is -1.00. The highest BCUT2D eigenvalue weighted by Gasteiger charge is 2.25. The number of nitrogens with one attached hydrogen (secondary N) is 1. The molecule has 0 bridgehead atoms. The fraction of sp³-hybridized carbons (Fsp3) is 0.0526. The smallest absolute Gasteiger partial charge is 0.339 e. The van der Waals surface area contributed by atoms with E-state index in [0.29, 0.717) is 28.9 Å². The van der Waals surface area contributed by atoms with Crippen molar-refractivity contribution < 1.29 is 23.8 Å². The number of hydrogen-bond acceptors (Lipinski definition) is 4. The number of ether oxygens (including phenoxy) is 1. The zero-order valence-electron chi connectivity index (χ0n) is 14.6. The zero-order chi connectivity index (χ0) is 21.3. The number of amides is 1. The van der Waals surface area contributed by atoms with Crippen LogP contribution >= 0.6 is 79.1 Å². The summed E-state index contributed by atoms with van der Waals surface area (Å²) in [4.78, 5) is 25.3. The predicted octanol–water partition coefficient (Wildman–Crippen LogP) is 6.33. The van der Waals surface area contributed by atoms with Gasteiger partial charge in [0.2, 0.25) is 0 Å². The third kappa shape index (κ3) is 4.69. The molecule has 0 unspecified atom stereocenters. The summed E-state index contributed by atoms with van der Waals surface area (Å²) in [5.74, 6) is -1.53. The van der Waals surface area contributed by atoms with E-state index < -0.39 is 17.7 Å². The fourth-order valence-corrected chi connectivity index (χ4v) is 7.95. The second kappa shape index (κ2) is 9.43. The van der Waals surface area contributed by atoms with Crippen molar-refractivity contribution in [2.45, 2.75) is 0 Å². The van der Waals surface area contributed by atoms with Crippen molar-refractivity contribution in [3.05, 3.63) is 63.4 Å². The van der Waals surface area contributed by atoms with E-state index >= 15 is 0 Å². The molecule has 0 atom stereocenters. The van der Waals surface area contributed by atoms with Crippen LogP contribution in [-0.4, -0.2) is 24.1 Å². The number of benzene rings is 2. The van der Waals surface area contributed by atoms with Crippen LogP contribution in [0.4, 0.5) is 10.1 Å². The minimum atomic E-state index is -1.20. The average Bonchev–Trinajstić information content (AvgIpc) is 3.05. The van der Waals surface area contributed by atoms with Crippen molar-refractivity contribution in [3.63, 3.8) is 0 Å². The van der Waals surface area contributed by atoms with Crippen LogP contribution in [-0.2, 0) is 0 Å². The van der Waals surface area contributed by atoms with Gasteiger partial charge in [0, 0.05) is 8.95 Å². The van der Waals surface area contributed by atoms with Crippen LogP contribution in [0.1, 0.15) is 20.7 Å². The van der Waals surface area contributed by atoms with Crippen LogP contribution in [0.5, 0.6) is 5.75 Å². The summed E-state index contributed by atoms with van der Waals surface area (Å²) in [5, 5.41) is 14.0. The van der Waals surface area contributed by atoms with Gasteiger partial charge in [-0.2, -0.15) is 0 Å². The number of carboxylic acid groups (broad SMARTS) is 1. The molecule has 0 radical (unpaired) electrons. The molecule has 0 spiro atoms. The Morgan fingerprint density at radius 3 is 2.48 bits per heavy atom. The van der Waals surface area contributed by atoms with Crippen LogP contribution in [0, 0.1) is 16.5 Å². The Morgan fingerprint density at radius 2 is 1.86 bits per heavy atom. The number of aromatic carboxylic acids is 1. The normalized spacial score (nSPS) is 10.7. The van der Waals surface area contributed by atoms with Crippen LogP contribution in [0.15, 0.2) is 35.7 Å². The molecule has 0 aliphatic rings. The van der Waals surface area contributed by atoms with Crippen molar-refractivity contribution in [2.75, 3.05) is 12.4 Å². The maximum atomic E-state index is 13.6. The molecule has 1 aromatic heterocycles. The number of methoxy groups -OCH3 is 1. The molecule has 1 amide bonds. The van der Waals surface area contributed by atoms with E-state index in [4.69, 9.17) is 4.74 Å². The van der Waals surface area contributed by atoms with Gasteiger partial charge in [-0.05, 0) is 91.5 Å². The summed E-state index contributed by atoms with van der Waals surface area (Å²) < 4.78 is 21.2. The number of carbonyl (C=O) groups excluding carboxylic acids is 1. The largest absolute Gasteiger partial charge is 0.495 e. The van der Waals surface area contributed by atoms with E-state index in [1.54, 1.807) is 11.4 Å². The SMILES string of the molecule is COc1c(I)cc(I)c(C(=O)Nc2csc(-c3cccc(F)c3)c2C(=O)O)c1I. The highest BCUT2D eigenvalue weighted by Crippen LogP contribution is 2.38. The number of hydrogen-bond donors (Lipinski definition) is 2. The second-order valence-corrected chi connectivity index (χ2v) is 9.97. The Bertz CT molecular complexity index is 1130. The van der Waals surface area contributed by atoms with Gasteiger partial charge < -0.3 is 15.2 Å². The van der Waals surface area contributed by atoms with Crippen molar-refractivity contribution in [2.24, 2.45) is 0 Å². The molecule has 3 rings (SSSR count). The molecule has 10 heteroatoms. The number of carboxylic acids is 1. The van der Waals surface area contributed by atoms with Gasteiger partial charge in [0.1, 0.15) is 17.1 Å². The molecule has 3 aromatic rings. The minimum absolute atomic E-state index is 0.0727. The minimum Gasteiger partial charge on any atom is -0.495 e.